The highest BCUT2D eigenvalue weighted by atomic mass is 32.2. The van der Waals surface area contributed by atoms with Crippen molar-refractivity contribution in [3.05, 3.63) is 51.9 Å². The third-order valence-corrected chi connectivity index (χ3v) is 7.56. The molecule has 0 aliphatic carbocycles. The van der Waals surface area contributed by atoms with E-state index in [4.69, 9.17) is 4.74 Å². The van der Waals surface area contributed by atoms with E-state index in [1.54, 1.807) is 12.1 Å². The van der Waals surface area contributed by atoms with Gasteiger partial charge in [0.1, 0.15) is 4.21 Å². The van der Waals surface area contributed by atoms with Crippen LogP contribution in [0.3, 0.4) is 0 Å². The van der Waals surface area contributed by atoms with Gasteiger partial charge in [0.15, 0.2) is 0 Å². The molecule has 1 aromatic heterocycles. The summed E-state index contributed by atoms with van der Waals surface area (Å²) in [6.45, 7) is 5.79. The van der Waals surface area contributed by atoms with Crippen LogP contribution in [0.25, 0.3) is 0 Å². The van der Waals surface area contributed by atoms with Gasteiger partial charge in [-0.2, -0.15) is 4.31 Å². The average molecular weight is 395 g/mol. The SMILES string of the molecule is Cc1cc(C)cc(C(=O)NCc2ccc(S(=O)(=O)N3CCOCC3)s2)c1. The molecule has 0 saturated carbocycles. The molecule has 0 bridgehead atoms. The van der Waals surface area contributed by atoms with Crippen LogP contribution in [-0.4, -0.2) is 44.9 Å². The fourth-order valence-corrected chi connectivity index (χ4v) is 5.74. The summed E-state index contributed by atoms with van der Waals surface area (Å²) >= 11 is 1.19. The number of nitrogens with zero attached hydrogens (tertiary/aromatic N) is 1. The number of benzene rings is 1. The number of carbonyl (C=O) groups is 1. The first kappa shape index (κ1) is 19.0. The first-order valence-corrected chi connectivity index (χ1v) is 10.6. The molecular formula is C18H22N2O4S2. The molecule has 1 amide bonds. The number of rotatable bonds is 5. The second-order valence-corrected chi connectivity index (χ2v) is 9.63. The van der Waals surface area contributed by atoms with Crippen LogP contribution in [0.5, 0.6) is 0 Å². The van der Waals surface area contributed by atoms with Crippen molar-refractivity contribution in [2.45, 2.75) is 24.6 Å². The molecule has 8 heteroatoms. The molecule has 140 valence electrons. The monoisotopic (exact) mass is 394 g/mol. The van der Waals surface area contributed by atoms with Gasteiger partial charge in [-0.05, 0) is 38.1 Å². The van der Waals surface area contributed by atoms with Crippen LogP contribution < -0.4 is 5.32 Å². The summed E-state index contributed by atoms with van der Waals surface area (Å²) in [4.78, 5) is 13.1. The number of carbonyl (C=O) groups excluding carboxylic acids is 1. The number of sulfonamides is 1. The molecule has 2 aromatic rings. The smallest absolute Gasteiger partial charge is 0.252 e. The summed E-state index contributed by atoms with van der Waals surface area (Å²) < 4.78 is 32.2. The Kier molecular flexibility index (Phi) is 5.76. The molecule has 1 aliphatic rings. The highest BCUT2D eigenvalue weighted by Gasteiger charge is 2.27. The van der Waals surface area contributed by atoms with Crippen LogP contribution in [0.2, 0.25) is 0 Å². The molecule has 2 heterocycles. The molecule has 0 atom stereocenters. The molecule has 1 N–H and O–H groups in total. The fraction of sp³-hybridized carbons (Fsp3) is 0.389. The zero-order valence-corrected chi connectivity index (χ0v) is 16.5. The quantitative estimate of drug-likeness (QED) is 0.844. The molecule has 1 aliphatic heterocycles. The first-order chi connectivity index (χ1) is 12.4. The molecular weight excluding hydrogens is 372 g/mol. The van der Waals surface area contributed by atoms with E-state index >= 15 is 0 Å². The van der Waals surface area contributed by atoms with Gasteiger partial charge >= 0.3 is 0 Å². The van der Waals surface area contributed by atoms with Gasteiger partial charge < -0.3 is 10.1 Å². The lowest BCUT2D eigenvalue weighted by molar-refractivity contribution is 0.0731. The summed E-state index contributed by atoms with van der Waals surface area (Å²) in [6, 6.07) is 9.04. The van der Waals surface area contributed by atoms with Crippen LogP contribution in [-0.2, 0) is 21.3 Å². The average Bonchev–Trinajstić information content (AvgIpc) is 3.09. The third kappa shape index (κ3) is 4.32. The molecule has 0 spiro atoms. The van der Waals surface area contributed by atoms with E-state index < -0.39 is 10.0 Å². The van der Waals surface area contributed by atoms with Crippen molar-refractivity contribution in [1.82, 2.24) is 9.62 Å². The zero-order chi connectivity index (χ0) is 18.7. The lowest BCUT2D eigenvalue weighted by Crippen LogP contribution is -2.40. The fourth-order valence-electron chi connectivity index (χ4n) is 2.88. The minimum atomic E-state index is -3.48. The lowest BCUT2D eigenvalue weighted by Gasteiger charge is -2.25. The molecule has 0 unspecified atom stereocenters. The van der Waals surface area contributed by atoms with E-state index in [1.165, 1.54) is 15.6 Å². The van der Waals surface area contributed by atoms with Crippen molar-refractivity contribution in [2.24, 2.45) is 0 Å². The number of nitrogens with one attached hydrogen (secondary N) is 1. The minimum absolute atomic E-state index is 0.164. The van der Waals surface area contributed by atoms with Crippen molar-refractivity contribution in [3.63, 3.8) is 0 Å². The second-order valence-electron chi connectivity index (χ2n) is 6.30. The molecule has 0 radical (unpaired) electrons. The Labute approximate surface area is 157 Å². The predicted molar refractivity (Wildman–Crippen MR) is 101 cm³/mol. The Morgan fingerprint density at radius 3 is 2.46 bits per heavy atom. The standard InChI is InChI=1S/C18H22N2O4S2/c1-13-9-14(2)11-15(10-13)18(21)19-12-16-3-4-17(25-16)26(22,23)20-5-7-24-8-6-20/h3-4,9-11H,5-8,12H2,1-2H3,(H,19,21). The van der Waals surface area contributed by atoms with Gasteiger partial charge in [-0.3, -0.25) is 4.79 Å². The largest absolute Gasteiger partial charge is 0.379 e. The van der Waals surface area contributed by atoms with Gasteiger partial charge in [0.05, 0.1) is 19.8 Å². The van der Waals surface area contributed by atoms with Gasteiger partial charge in [-0.1, -0.05) is 17.2 Å². The number of ether oxygens (including phenoxy) is 1. The van der Waals surface area contributed by atoms with Crippen LogP contribution in [0, 0.1) is 13.8 Å². The maximum Gasteiger partial charge on any atom is 0.252 e. The van der Waals surface area contributed by atoms with Crippen molar-refractivity contribution in [3.8, 4) is 0 Å². The summed E-state index contributed by atoms with van der Waals surface area (Å²) in [5.41, 5.74) is 2.68. The van der Waals surface area contributed by atoms with E-state index in [9.17, 15) is 13.2 Å². The van der Waals surface area contributed by atoms with E-state index in [2.05, 4.69) is 5.32 Å². The minimum Gasteiger partial charge on any atom is -0.379 e. The highest BCUT2D eigenvalue weighted by molar-refractivity contribution is 7.91. The Morgan fingerprint density at radius 2 is 1.81 bits per heavy atom. The van der Waals surface area contributed by atoms with Crippen molar-refractivity contribution < 1.29 is 17.9 Å². The Bertz CT molecular complexity index is 879. The molecule has 6 nitrogen and oxygen atoms in total. The number of morpholine rings is 1. The van der Waals surface area contributed by atoms with E-state index in [1.807, 2.05) is 32.0 Å². The number of thiophene rings is 1. The normalized spacial score (nSPS) is 15.8. The zero-order valence-electron chi connectivity index (χ0n) is 14.8. The Hall–Kier alpha value is -1.74. The molecule has 3 rings (SSSR count). The first-order valence-electron chi connectivity index (χ1n) is 8.39. The summed E-state index contributed by atoms with van der Waals surface area (Å²) in [5.74, 6) is -0.164. The van der Waals surface area contributed by atoms with Gasteiger partial charge in [-0.25, -0.2) is 8.42 Å². The Morgan fingerprint density at radius 1 is 1.15 bits per heavy atom. The van der Waals surface area contributed by atoms with Gasteiger partial charge in [-0.15, -0.1) is 11.3 Å². The maximum absolute atomic E-state index is 12.6. The van der Waals surface area contributed by atoms with Crippen molar-refractivity contribution in [2.75, 3.05) is 26.3 Å². The highest BCUT2D eigenvalue weighted by Crippen LogP contribution is 2.25. The van der Waals surface area contributed by atoms with E-state index in [0.29, 0.717) is 42.6 Å². The van der Waals surface area contributed by atoms with Crippen LogP contribution in [0.1, 0.15) is 26.4 Å². The summed E-state index contributed by atoms with van der Waals surface area (Å²) in [5, 5.41) is 2.86. The van der Waals surface area contributed by atoms with Gasteiger partial charge in [0.2, 0.25) is 0 Å². The van der Waals surface area contributed by atoms with E-state index in [0.717, 1.165) is 16.0 Å². The molecule has 26 heavy (non-hydrogen) atoms. The maximum atomic E-state index is 12.6. The van der Waals surface area contributed by atoms with E-state index in [-0.39, 0.29) is 5.91 Å². The Balaban J connectivity index is 1.66. The van der Waals surface area contributed by atoms with Gasteiger partial charge in [0, 0.05) is 23.5 Å². The number of hydrogen-bond donors (Lipinski definition) is 1. The second kappa shape index (κ2) is 7.87. The van der Waals surface area contributed by atoms with Crippen molar-refractivity contribution >= 4 is 27.3 Å². The van der Waals surface area contributed by atoms with Crippen LogP contribution in [0.15, 0.2) is 34.5 Å². The number of amides is 1. The topological polar surface area (TPSA) is 75.7 Å². The molecule has 1 aromatic carbocycles. The predicted octanol–water partition coefficient (Wildman–Crippen LogP) is 2.32. The summed E-state index contributed by atoms with van der Waals surface area (Å²) in [6.07, 6.45) is 0. The van der Waals surface area contributed by atoms with Crippen molar-refractivity contribution in [1.29, 1.82) is 0 Å². The van der Waals surface area contributed by atoms with Crippen LogP contribution in [0.4, 0.5) is 0 Å². The molecule has 1 saturated heterocycles. The van der Waals surface area contributed by atoms with Gasteiger partial charge in [0.25, 0.3) is 15.9 Å². The molecule has 1 fully saturated rings. The number of aryl methyl sites for hydroxylation is 2. The third-order valence-electron chi connectivity index (χ3n) is 4.11. The lowest BCUT2D eigenvalue weighted by atomic mass is 10.1. The number of hydrogen-bond acceptors (Lipinski definition) is 5. The van der Waals surface area contributed by atoms with Crippen LogP contribution >= 0.6 is 11.3 Å². The summed E-state index contributed by atoms with van der Waals surface area (Å²) in [7, 11) is -3.48.